The Hall–Kier alpha value is -3.11. The number of hydrogen-bond donors (Lipinski definition) is 1. The molecule has 1 aliphatic heterocycles. The Bertz CT molecular complexity index is 1280. The molecule has 0 fully saturated rings. The number of amides is 2. The van der Waals surface area contributed by atoms with Gasteiger partial charge in [-0.2, -0.15) is 5.10 Å². The second-order valence-electron chi connectivity index (χ2n) is 9.28. The molecule has 190 valence electrons. The van der Waals surface area contributed by atoms with Crippen LogP contribution in [0.15, 0.2) is 47.6 Å². The Balaban J connectivity index is 1.73. The predicted molar refractivity (Wildman–Crippen MR) is 138 cm³/mol. The van der Waals surface area contributed by atoms with Crippen molar-refractivity contribution in [3.05, 3.63) is 59.1 Å². The van der Waals surface area contributed by atoms with Gasteiger partial charge in [0.2, 0.25) is 0 Å². The average Bonchev–Trinajstić information content (AvgIpc) is 3.25. The van der Waals surface area contributed by atoms with Gasteiger partial charge < -0.3 is 15.0 Å². The van der Waals surface area contributed by atoms with Crippen molar-refractivity contribution < 1.29 is 18.7 Å². The molecule has 0 saturated carbocycles. The normalized spacial score (nSPS) is 15.9. The number of anilines is 1. The van der Waals surface area contributed by atoms with Crippen LogP contribution in [0.25, 0.3) is 11.4 Å². The van der Waals surface area contributed by atoms with Crippen LogP contribution in [0.4, 0.5) is 14.9 Å². The number of halogens is 2. The van der Waals surface area contributed by atoms with Crippen LogP contribution in [0.5, 0.6) is 0 Å². The van der Waals surface area contributed by atoms with Crippen molar-refractivity contribution in [1.29, 1.82) is 0 Å². The minimum Gasteiger partial charge on any atom is -0.444 e. The SMILES string of the molecule is CCn1cnc(-c2cc3c(cc2F)SC[C@H](NC(=O)OC(C)(C)C)C(=O)N3Cc2ccc(Cl)cc2)n1. The van der Waals surface area contributed by atoms with Crippen LogP contribution in [0, 0.1) is 5.82 Å². The standard InChI is InChI=1S/C25H27ClFN5O3S/c1-5-31-14-28-22(30-31)17-10-20-21(11-18(17)27)36-13-19(29-24(34)35-25(2,3)4)23(33)32(20)12-15-6-8-16(26)9-7-15/h6-11,14,19H,5,12-13H2,1-4H3,(H,29,34)/t19-/m0/s1. The Kier molecular flexibility index (Phi) is 7.56. The maximum Gasteiger partial charge on any atom is 0.408 e. The third-order valence-electron chi connectivity index (χ3n) is 5.36. The van der Waals surface area contributed by atoms with Gasteiger partial charge >= 0.3 is 6.09 Å². The minimum atomic E-state index is -0.881. The number of rotatable bonds is 5. The third kappa shape index (κ3) is 5.99. The fourth-order valence-corrected chi connectivity index (χ4v) is 4.85. The lowest BCUT2D eigenvalue weighted by atomic mass is 10.1. The van der Waals surface area contributed by atoms with Gasteiger partial charge in [0.15, 0.2) is 5.82 Å². The summed E-state index contributed by atoms with van der Waals surface area (Å²) in [4.78, 5) is 32.6. The summed E-state index contributed by atoms with van der Waals surface area (Å²) < 4.78 is 22.1. The van der Waals surface area contributed by atoms with E-state index in [4.69, 9.17) is 16.3 Å². The van der Waals surface area contributed by atoms with Gasteiger partial charge in [0.25, 0.3) is 5.91 Å². The largest absolute Gasteiger partial charge is 0.444 e. The first-order valence-corrected chi connectivity index (χ1v) is 12.8. The average molecular weight is 532 g/mol. The van der Waals surface area contributed by atoms with E-state index in [2.05, 4.69) is 15.4 Å². The molecule has 2 amide bonds. The Morgan fingerprint density at radius 1 is 1.28 bits per heavy atom. The second kappa shape index (κ2) is 10.5. The highest BCUT2D eigenvalue weighted by atomic mass is 35.5. The van der Waals surface area contributed by atoms with E-state index in [0.717, 1.165) is 5.56 Å². The van der Waals surface area contributed by atoms with Crippen LogP contribution in [0.3, 0.4) is 0 Å². The zero-order valence-corrected chi connectivity index (χ0v) is 22.0. The lowest BCUT2D eigenvalue weighted by Crippen LogP contribution is -2.50. The van der Waals surface area contributed by atoms with Crippen LogP contribution < -0.4 is 10.2 Å². The summed E-state index contributed by atoms with van der Waals surface area (Å²) in [5.74, 6) is -0.392. The summed E-state index contributed by atoms with van der Waals surface area (Å²) in [6, 6.07) is 9.22. The van der Waals surface area contributed by atoms with Crippen molar-refractivity contribution in [3.63, 3.8) is 0 Å². The van der Waals surface area contributed by atoms with E-state index >= 15 is 4.39 Å². The summed E-state index contributed by atoms with van der Waals surface area (Å²) >= 11 is 7.33. The lowest BCUT2D eigenvalue weighted by Gasteiger charge is -2.27. The fraction of sp³-hybridized carbons (Fsp3) is 0.360. The summed E-state index contributed by atoms with van der Waals surface area (Å²) in [6.45, 7) is 7.94. The molecule has 0 unspecified atom stereocenters. The van der Waals surface area contributed by atoms with E-state index in [0.29, 0.717) is 22.2 Å². The molecule has 11 heteroatoms. The van der Waals surface area contributed by atoms with Gasteiger partial charge in [-0.3, -0.25) is 9.48 Å². The first-order chi connectivity index (χ1) is 17.0. The van der Waals surface area contributed by atoms with Gasteiger partial charge in [-0.05, 0) is 57.5 Å². The van der Waals surface area contributed by atoms with E-state index in [1.54, 1.807) is 48.6 Å². The fourth-order valence-electron chi connectivity index (χ4n) is 3.65. The van der Waals surface area contributed by atoms with Crippen molar-refractivity contribution in [2.75, 3.05) is 10.7 Å². The minimum absolute atomic E-state index is 0.189. The molecule has 1 aliphatic rings. The quantitative estimate of drug-likeness (QED) is 0.481. The zero-order chi connectivity index (χ0) is 26.0. The number of ether oxygens (including phenoxy) is 1. The number of nitrogens with zero attached hydrogens (tertiary/aromatic N) is 4. The molecule has 4 rings (SSSR count). The molecule has 0 spiro atoms. The number of aryl methyl sites for hydroxylation is 1. The molecule has 0 radical (unpaired) electrons. The molecule has 0 aliphatic carbocycles. The van der Waals surface area contributed by atoms with Crippen LogP contribution in [0.2, 0.25) is 5.02 Å². The monoisotopic (exact) mass is 531 g/mol. The number of aromatic nitrogens is 3. The molecule has 1 aromatic heterocycles. The van der Waals surface area contributed by atoms with Crippen LogP contribution in [-0.2, 0) is 22.6 Å². The van der Waals surface area contributed by atoms with Crippen LogP contribution in [-0.4, -0.2) is 44.2 Å². The summed E-state index contributed by atoms with van der Waals surface area (Å²) in [7, 11) is 0. The number of alkyl carbamates (subject to hydrolysis) is 1. The topological polar surface area (TPSA) is 89.3 Å². The second-order valence-corrected chi connectivity index (χ2v) is 10.8. The van der Waals surface area contributed by atoms with Crippen molar-refractivity contribution in [1.82, 2.24) is 20.1 Å². The van der Waals surface area contributed by atoms with E-state index in [1.165, 1.54) is 24.2 Å². The third-order valence-corrected chi connectivity index (χ3v) is 6.75. The number of nitrogens with one attached hydrogen (secondary N) is 1. The first kappa shape index (κ1) is 26.0. The maximum atomic E-state index is 15.2. The molecular weight excluding hydrogens is 505 g/mol. The molecule has 0 saturated heterocycles. The number of fused-ring (bicyclic) bond motifs is 1. The van der Waals surface area contributed by atoms with Gasteiger partial charge in [0.05, 0.1) is 17.8 Å². The molecule has 3 aromatic rings. The molecule has 8 nitrogen and oxygen atoms in total. The predicted octanol–water partition coefficient (Wildman–Crippen LogP) is 5.29. The summed E-state index contributed by atoms with van der Waals surface area (Å²) in [6.07, 6.45) is 0.840. The smallest absolute Gasteiger partial charge is 0.408 e. The highest BCUT2D eigenvalue weighted by Crippen LogP contribution is 2.39. The van der Waals surface area contributed by atoms with E-state index in [-0.39, 0.29) is 29.6 Å². The van der Waals surface area contributed by atoms with Crippen LogP contribution >= 0.6 is 23.4 Å². The van der Waals surface area contributed by atoms with Crippen molar-refractivity contribution in [3.8, 4) is 11.4 Å². The Morgan fingerprint density at radius 3 is 2.64 bits per heavy atom. The Labute approximate surface area is 218 Å². The van der Waals surface area contributed by atoms with E-state index < -0.39 is 23.6 Å². The molecular formula is C25H27ClFN5O3S. The molecule has 1 N–H and O–H groups in total. The highest BCUT2D eigenvalue weighted by molar-refractivity contribution is 7.99. The maximum absolute atomic E-state index is 15.2. The van der Waals surface area contributed by atoms with Crippen LogP contribution in [0.1, 0.15) is 33.3 Å². The lowest BCUT2D eigenvalue weighted by molar-refractivity contribution is -0.120. The highest BCUT2D eigenvalue weighted by Gasteiger charge is 2.34. The van der Waals surface area contributed by atoms with Crippen molar-refractivity contribution >= 4 is 41.1 Å². The van der Waals surface area contributed by atoms with Gasteiger partial charge in [0, 0.05) is 22.2 Å². The number of benzene rings is 2. The van der Waals surface area contributed by atoms with Crippen molar-refractivity contribution in [2.24, 2.45) is 0 Å². The molecule has 2 aromatic carbocycles. The van der Waals surface area contributed by atoms with Gasteiger partial charge in [-0.1, -0.05) is 23.7 Å². The number of thioether (sulfide) groups is 1. The molecule has 2 heterocycles. The van der Waals surface area contributed by atoms with Gasteiger partial charge in [-0.25, -0.2) is 14.2 Å². The first-order valence-electron chi connectivity index (χ1n) is 11.5. The van der Waals surface area contributed by atoms with Gasteiger partial charge in [-0.15, -0.1) is 11.8 Å². The number of carbonyl (C=O) groups is 2. The van der Waals surface area contributed by atoms with E-state index in [9.17, 15) is 9.59 Å². The number of carbonyl (C=O) groups excluding carboxylic acids is 2. The van der Waals surface area contributed by atoms with E-state index in [1.807, 2.05) is 19.1 Å². The summed E-state index contributed by atoms with van der Waals surface area (Å²) in [5, 5.41) is 7.58. The zero-order valence-electron chi connectivity index (χ0n) is 20.4. The summed E-state index contributed by atoms with van der Waals surface area (Å²) in [5.41, 5.74) is 0.803. The van der Waals surface area contributed by atoms with Crippen molar-refractivity contribution in [2.45, 2.75) is 57.3 Å². The van der Waals surface area contributed by atoms with Gasteiger partial charge in [0.1, 0.15) is 23.8 Å². The molecule has 0 bridgehead atoms. The molecule has 36 heavy (non-hydrogen) atoms. The molecule has 1 atom stereocenters. The number of hydrogen-bond acceptors (Lipinski definition) is 6. The Morgan fingerprint density at radius 2 is 2.00 bits per heavy atom.